The van der Waals surface area contributed by atoms with Crippen LogP contribution in [0.2, 0.25) is 0 Å². The summed E-state index contributed by atoms with van der Waals surface area (Å²) in [6, 6.07) is 18.2. The highest BCUT2D eigenvalue weighted by Crippen LogP contribution is 2.07. The molecule has 138 valence electrons. The Balaban J connectivity index is 2.04. The van der Waals surface area contributed by atoms with Gasteiger partial charge in [-0.25, -0.2) is 0 Å². The molecule has 0 aliphatic carbocycles. The largest absolute Gasteiger partial charge is 0.341 e. The third-order valence-corrected chi connectivity index (χ3v) is 4.10. The molecule has 1 atom stereocenters. The second-order valence-electron chi connectivity index (χ2n) is 6.61. The fraction of sp³-hybridized carbons (Fsp3) is 0.333. The van der Waals surface area contributed by atoms with Crippen LogP contribution in [0.1, 0.15) is 22.8 Å². The predicted molar refractivity (Wildman–Crippen MR) is 104 cm³/mol. The van der Waals surface area contributed by atoms with Gasteiger partial charge in [0.2, 0.25) is 5.91 Å². The van der Waals surface area contributed by atoms with E-state index in [-0.39, 0.29) is 11.8 Å². The van der Waals surface area contributed by atoms with Gasteiger partial charge in [0, 0.05) is 25.2 Å². The lowest BCUT2D eigenvalue weighted by molar-refractivity contribution is -0.133. The number of nitrogens with zero attached hydrogens (tertiary/aromatic N) is 2. The predicted octanol–water partition coefficient (Wildman–Crippen LogP) is 2.40. The SMILES string of the molecule is CC(NC(=O)c1ccccc1)C(=O)N(CCN(C)C)Cc1ccccc1. The standard InChI is InChI=1S/C21H27N3O2/c1-17(22-20(25)19-12-8-5-9-13-19)21(26)24(15-14-23(2)3)16-18-10-6-4-7-11-18/h4-13,17H,14-16H2,1-3H3,(H,22,25). The number of amides is 2. The first kappa shape index (κ1) is 19.7. The van der Waals surface area contributed by atoms with Crippen LogP contribution in [0.25, 0.3) is 0 Å². The lowest BCUT2D eigenvalue weighted by Gasteiger charge is -2.27. The molecule has 2 aromatic carbocycles. The average Bonchev–Trinajstić information content (AvgIpc) is 2.65. The Bertz CT molecular complexity index is 702. The van der Waals surface area contributed by atoms with Crippen molar-refractivity contribution in [3.63, 3.8) is 0 Å². The van der Waals surface area contributed by atoms with E-state index in [9.17, 15) is 9.59 Å². The number of hydrogen-bond donors (Lipinski definition) is 1. The van der Waals surface area contributed by atoms with E-state index >= 15 is 0 Å². The molecule has 5 heteroatoms. The fourth-order valence-corrected chi connectivity index (χ4v) is 2.60. The first-order valence-electron chi connectivity index (χ1n) is 8.80. The van der Waals surface area contributed by atoms with Crippen molar-refractivity contribution in [1.82, 2.24) is 15.1 Å². The molecule has 0 spiro atoms. The summed E-state index contributed by atoms with van der Waals surface area (Å²) in [4.78, 5) is 29.1. The topological polar surface area (TPSA) is 52.7 Å². The molecule has 2 amide bonds. The number of likely N-dealkylation sites (N-methyl/N-ethyl adjacent to an activating group) is 1. The molecule has 0 radical (unpaired) electrons. The minimum Gasteiger partial charge on any atom is -0.341 e. The van der Waals surface area contributed by atoms with E-state index in [0.717, 1.165) is 12.1 Å². The highest BCUT2D eigenvalue weighted by atomic mass is 16.2. The summed E-state index contributed by atoms with van der Waals surface area (Å²) in [5.74, 6) is -0.321. The second-order valence-corrected chi connectivity index (χ2v) is 6.61. The Morgan fingerprint density at radius 2 is 1.50 bits per heavy atom. The number of carbonyl (C=O) groups excluding carboxylic acids is 2. The van der Waals surface area contributed by atoms with Gasteiger partial charge in [-0.3, -0.25) is 9.59 Å². The van der Waals surface area contributed by atoms with Crippen molar-refractivity contribution in [3.8, 4) is 0 Å². The molecule has 1 unspecified atom stereocenters. The van der Waals surface area contributed by atoms with Crippen molar-refractivity contribution < 1.29 is 9.59 Å². The molecule has 0 fully saturated rings. The Hall–Kier alpha value is -2.66. The van der Waals surface area contributed by atoms with E-state index in [1.807, 2.05) is 55.4 Å². The Labute approximate surface area is 155 Å². The third kappa shape index (κ3) is 6.01. The Morgan fingerprint density at radius 1 is 0.923 bits per heavy atom. The fourth-order valence-electron chi connectivity index (χ4n) is 2.60. The van der Waals surface area contributed by atoms with Crippen molar-refractivity contribution in [1.29, 1.82) is 0 Å². The summed E-state index contributed by atoms with van der Waals surface area (Å²) < 4.78 is 0. The van der Waals surface area contributed by atoms with Crippen LogP contribution in [0.5, 0.6) is 0 Å². The number of rotatable bonds is 8. The van der Waals surface area contributed by atoms with Crippen LogP contribution in [0.4, 0.5) is 0 Å². The Kier molecular flexibility index (Phi) is 7.36. The third-order valence-electron chi connectivity index (χ3n) is 4.10. The molecule has 26 heavy (non-hydrogen) atoms. The summed E-state index contributed by atoms with van der Waals surface area (Å²) >= 11 is 0. The van der Waals surface area contributed by atoms with Gasteiger partial charge < -0.3 is 15.1 Å². The highest BCUT2D eigenvalue weighted by molar-refractivity contribution is 5.97. The highest BCUT2D eigenvalue weighted by Gasteiger charge is 2.22. The van der Waals surface area contributed by atoms with Crippen LogP contribution in [0.3, 0.4) is 0 Å². The molecule has 1 N–H and O–H groups in total. The summed E-state index contributed by atoms with van der Waals surface area (Å²) in [5, 5.41) is 2.81. The van der Waals surface area contributed by atoms with Gasteiger partial charge in [-0.15, -0.1) is 0 Å². The van der Waals surface area contributed by atoms with Crippen LogP contribution < -0.4 is 5.32 Å². The van der Waals surface area contributed by atoms with Gasteiger partial charge in [-0.2, -0.15) is 0 Å². The summed E-state index contributed by atoms with van der Waals surface area (Å²) in [6.07, 6.45) is 0. The number of benzene rings is 2. The van der Waals surface area contributed by atoms with Crippen molar-refractivity contribution >= 4 is 11.8 Å². The lowest BCUT2D eigenvalue weighted by atomic mass is 10.1. The molecule has 2 rings (SSSR count). The molecular weight excluding hydrogens is 326 g/mol. The molecule has 0 aliphatic heterocycles. The lowest BCUT2D eigenvalue weighted by Crippen LogP contribution is -2.48. The van der Waals surface area contributed by atoms with Crippen molar-refractivity contribution in [2.75, 3.05) is 27.2 Å². The van der Waals surface area contributed by atoms with Crippen LogP contribution in [0, 0.1) is 0 Å². The quantitative estimate of drug-likeness (QED) is 0.793. The zero-order valence-electron chi connectivity index (χ0n) is 15.7. The van der Waals surface area contributed by atoms with Crippen molar-refractivity contribution in [3.05, 3.63) is 71.8 Å². The van der Waals surface area contributed by atoms with Crippen molar-refractivity contribution in [2.45, 2.75) is 19.5 Å². The summed E-state index contributed by atoms with van der Waals surface area (Å²) in [6.45, 7) is 3.63. The van der Waals surface area contributed by atoms with Crippen LogP contribution >= 0.6 is 0 Å². The van der Waals surface area contributed by atoms with E-state index in [1.165, 1.54) is 0 Å². The molecule has 0 saturated heterocycles. The molecule has 0 aromatic heterocycles. The Morgan fingerprint density at radius 3 is 2.08 bits per heavy atom. The monoisotopic (exact) mass is 353 g/mol. The number of carbonyl (C=O) groups is 2. The zero-order chi connectivity index (χ0) is 18.9. The molecule has 0 bridgehead atoms. The molecule has 5 nitrogen and oxygen atoms in total. The van der Waals surface area contributed by atoms with Gasteiger partial charge in [0.15, 0.2) is 0 Å². The van der Waals surface area contributed by atoms with E-state index in [1.54, 1.807) is 36.1 Å². The van der Waals surface area contributed by atoms with Gasteiger partial charge in [0.25, 0.3) is 5.91 Å². The van der Waals surface area contributed by atoms with Crippen LogP contribution in [-0.2, 0) is 11.3 Å². The maximum Gasteiger partial charge on any atom is 0.251 e. The van der Waals surface area contributed by atoms with Gasteiger partial charge in [-0.05, 0) is 38.7 Å². The normalized spacial score (nSPS) is 11.8. The van der Waals surface area contributed by atoms with Crippen molar-refractivity contribution in [2.24, 2.45) is 0 Å². The molecule has 0 saturated carbocycles. The van der Waals surface area contributed by atoms with Crippen LogP contribution in [-0.4, -0.2) is 54.8 Å². The first-order chi connectivity index (χ1) is 12.5. The smallest absolute Gasteiger partial charge is 0.251 e. The molecule has 2 aromatic rings. The van der Waals surface area contributed by atoms with Gasteiger partial charge in [-0.1, -0.05) is 48.5 Å². The molecule has 0 heterocycles. The van der Waals surface area contributed by atoms with E-state index in [4.69, 9.17) is 0 Å². The number of hydrogen-bond acceptors (Lipinski definition) is 3. The van der Waals surface area contributed by atoms with E-state index in [0.29, 0.717) is 18.7 Å². The van der Waals surface area contributed by atoms with Crippen LogP contribution in [0.15, 0.2) is 60.7 Å². The second kappa shape index (κ2) is 9.73. The van der Waals surface area contributed by atoms with E-state index in [2.05, 4.69) is 5.32 Å². The number of nitrogens with one attached hydrogen (secondary N) is 1. The van der Waals surface area contributed by atoms with Gasteiger partial charge in [0.1, 0.15) is 6.04 Å². The minimum absolute atomic E-state index is 0.0833. The molecular formula is C21H27N3O2. The first-order valence-corrected chi connectivity index (χ1v) is 8.80. The summed E-state index contributed by atoms with van der Waals surface area (Å²) in [7, 11) is 3.96. The average molecular weight is 353 g/mol. The summed E-state index contributed by atoms with van der Waals surface area (Å²) in [5.41, 5.74) is 1.62. The zero-order valence-corrected chi connectivity index (χ0v) is 15.7. The van der Waals surface area contributed by atoms with Gasteiger partial charge in [0.05, 0.1) is 0 Å². The minimum atomic E-state index is -0.589. The molecule has 0 aliphatic rings. The maximum absolute atomic E-state index is 12.9. The maximum atomic E-state index is 12.9. The van der Waals surface area contributed by atoms with Gasteiger partial charge >= 0.3 is 0 Å². The van der Waals surface area contributed by atoms with E-state index < -0.39 is 6.04 Å².